The van der Waals surface area contributed by atoms with Crippen LogP contribution >= 0.6 is 23.4 Å². The molecule has 1 aromatic rings. The second-order valence-corrected chi connectivity index (χ2v) is 6.77. The summed E-state index contributed by atoms with van der Waals surface area (Å²) >= 11 is 8.08. The minimum atomic E-state index is -0.323. The second-order valence-electron chi connectivity index (χ2n) is 5.08. The molecule has 1 fully saturated rings. The van der Waals surface area contributed by atoms with E-state index in [0.717, 1.165) is 22.3 Å². The molecule has 102 valence electrons. The Bertz CT molecular complexity index is 402. The summed E-state index contributed by atoms with van der Waals surface area (Å²) in [5, 5.41) is 15.8. The summed E-state index contributed by atoms with van der Waals surface area (Å²) in [6.45, 7) is 1.94. The molecule has 1 unspecified atom stereocenters. The topological polar surface area (TPSA) is 38.0 Å². The van der Waals surface area contributed by atoms with Crippen molar-refractivity contribution in [3.63, 3.8) is 0 Å². The molecule has 0 amide bonds. The van der Waals surface area contributed by atoms with Gasteiger partial charge < -0.3 is 5.11 Å². The summed E-state index contributed by atoms with van der Waals surface area (Å²) < 4.78 is 1.67. The summed E-state index contributed by atoms with van der Waals surface area (Å²) in [5.74, 6) is 0.801. The fourth-order valence-electron chi connectivity index (χ4n) is 2.50. The first-order valence-corrected chi connectivity index (χ1v) is 7.98. The third-order valence-corrected chi connectivity index (χ3v) is 5.53. The lowest BCUT2D eigenvalue weighted by molar-refractivity contribution is 0.200. The Morgan fingerprint density at radius 3 is 2.72 bits per heavy atom. The van der Waals surface area contributed by atoms with Gasteiger partial charge in [0.1, 0.15) is 5.15 Å². The number of rotatable bonds is 5. The van der Waals surface area contributed by atoms with Crippen LogP contribution in [0.15, 0.2) is 0 Å². The standard InChI is InChI=1S/C13H21ClN2OS/c1-9-12(13(14)16(2)15-9)7-10(17)8-18-11-5-3-4-6-11/h10-11,17H,3-8H2,1-2H3. The number of aryl methyl sites for hydroxylation is 2. The Kier molecular flexibility index (Phi) is 4.98. The molecule has 1 aromatic heterocycles. The molecule has 0 radical (unpaired) electrons. The van der Waals surface area contributed by atoms with E-state index in [0.29, 0.717) is 11.6 Å². The van der Waals surface area contributed by atoms with E-state index in [-0.39, 0.29) is 6.10 Å². The second kappa shape index (κ2) is 6.31. The fourth-order valence-corrected chi connectivity index (χ4v) is 4.03. The number of halogens is 1. The Morgan fingerprint density at radius 2 is 2.17 bits per heavy atom. The summed E-state index contributed by atoms with van der Waals surface area (Å²) in [4.78, 5) is 0. The third-order valence-electron chi connectivity index (χ3n) is 3.54. The molecule has 1 atom stereocenters. The molecule has 0 spiro atoms. The molecule has 0 aromatic carbocycles. The van der Waals surface area contributed by atoms with Gasteiger partial charge in [-0.05, 0) is 19.8 Å². The minimum absolute atomic E-state index is 0.323. The van der Waals surface area contributed by atoms with Crippen LogP contribution in [0.2, 0.25) is 5.15 Å². The van der Waals surface area contributed by atoms with Crippen LogP contribution in [-0.2, 0) is 13.5 Å². The first-order chi connectivity index (χ1) is 8.58. The van der Waals surface area contributed by atoms with E-state index in [1.54, 1.807) is 4.68 Å². The molecule has 1 N–H and O–H groups in total. The van der Waals surface area contributed by atoms with Gasteiger partial charge in [-0.2, -0.15) is 16.9 Å². The van der Waals surface area contributed by atoms with Crippen molar-refractivity contribution in [2.24, 2.45) is 7.05 Å². The predicted octanol–water partition coefficient (Wildman–Crippen LogP) is 2.96. The quantitative estimate of drug-likeness (QED) is 0.905. The molecule has 18 heavy (non-hydrogen) atoms. The number of nitrogens with zero attached hydrogens (tertiary/aromatic N) is 2. The number of aliphatic hydroxyl groups is 1. The van der Waals surface area contributed by atoms with Crippen LogP contribution in [0.1, 0.15) is 36.9 Å². The Hall–Kier alpha value is -0.190. The SMILES string of the molecule is Cc1nn(C)c(Cl)c1CC(O)CSC1CCCC1. The van der Waals surface area contributed by atoms with Crippen LogP contribution in [-0.4, -0.2) is 32.0 Å². The van der Waals surface area contributed by atoms with Crippen molar-refractivity contribution >= 4 is 23.4 Å². The lowest BCUT2D eigenvalue weighted by Gasteiger charge is -2.13. The molecule has 1 aliphatic rings. The van der Waals surface area contributed by atoms with Gasteiger partial charge >= 0.3 is 0 Å². The number of hydrogen-bond donors (Lipinski definition) is 1. The summed E-state index contributed by atoms with van der Waals surface area (Å²) in [7, 11) is 1.83. The maximum atomic E-state index is 10.1. The van der Waals surface area contributed by atoms with Crippen LogP contribution < -0.4 is 0 Å². The maximum Gasteiger partial charge on any atom is 0.130 e. The van der Waals surface area contributed by atoms with Crippen LogP contribution in [0, 0.1) is 6.92 Å². The summed E-state index contributed by atoms with van der Waals surface area (Å²) in [6.07, 6.45) is 5.60. The van der Waals surface area contributed by atoms with Crippen LogP contribution in [0.3, 0.4) is 0 Å². The molecule has 1 saturated carbocycles. The predicted molar refractivity (Wildman–Crippen MR) is 77.4 cm³/mol. The molecule has 1 heterocycles. The van der Waals surface area contributed by atoms with Gasteiger partial charge in [-0.3, -0.25) is 4.68 Å². The Morgan fingerprint density at radius 1 is 1.50 bits per heavy atom. The third kappa shape index (κ3) is 3.43. The van der Waals surface area contributed by atoms with Crippen molar-refractivity contribution in [3.05, 3.63) is 16.4 Å². The molecular weight excluding hydrogens is 268 g/mol. The highest BCUT2D eigenvalue weighted by atomic mass is 35.5. The minimum Gasteiger partial charge on any atom is -0.392 e. The van der Waals surface area contributed by atoms with Crippen LogP contribution in [0.5, 0.6) is 0 Å². The van der Waals surface area contributed by atoms with Crippen LogP contribution in [0.4, 0.5) is 0 Å². The van der Waals surface area contributed by atoms with E-state index in [1.165, 1.54) is 25.7 Å². The van der Waals surface area contributed by atoms with E-state index in [4.69, 9.17) is 11.6 Å². The molecule has 5 heteroatoms. The van der Waals surface area contributed by atoms with Gasteiger partial charge in [0.25, 0.3) is 0 Å². The number of hydrogen-bond acceptors (Lipinski definition) is 3. The molecule has 0 aliphatic heterocycles. The van der Waals surface area contributed by atoms with Gasteiger partial charge in [-0.1, -0.05) is 24.4 Å². The number of aromatic nitrogens is 2. The van der Waals surface area contributed by atoms with Gasteiger partial charge in [0, 0.05) is 30.0 Å². The molecule has 3 nitrogen and oxygen atoms in total. The first-order valence-electron chi connectivity index (χ1n) is 6.55. The molecule has 0 bridgehead atoms. The van der Waals surface area contributed by atoms with Crippen molar-refractivity contribution in [2.45, 2.75) is 50.4 Å². The van der Waals surface area contributed by atoms with E-state index in [2.05, 4.69) is 5.10 Å². The molecule has 2 rings (SSSR count). The largest absolute Gasteiger partial charge is 0.392 e. The molecule has 0 saturated heterocycles. The average Bonchev–Trinajstić information content (AvgIpc) is 2.92. The smallest absolute Gasteiger partial charge is 0.130 e. The van der Waals surface area contributed by atoms with E-state index >= 15 is 0 Å². The Labute approximate surface area is 118 Å². The van der Waals surface area contributed by atoms with Gasteiger partial charge in [0.05, 0.1) is 11.8 Å². The zero-order chi connectivity index (χ0) is 13.1. The van der Waals surface area contributed by atoms with E-state index in [1.807, 2.05) is 25.7 Å². The first kappa shape index (κ1) is 14.2. The highest BCUT2D eigenvalue weighted by molar-refractivity contribution is 7.99. The molecule has 1 aliphatic carbocycles. The van der Waals surface area contributed by atoms with Gasteiger partial charge in [-0.25, -0.2) is 0 Å². The van der Waals surface area contributed by atoms with Gasteiger partial charge in [0.2, 0.25) is 0 Å². The van der Waals surface area contributed by atoms with Gasteiger partial charge in [0.15, 0.2) is 0 Å². The fraction of sp³-hybridized carbons (Fsp3) is 0.769. The van der Waals surface area contributed by atoms with E-state index < -0.39 is 0 Å². The highest BCUT2D eigenvalue weighted by Gasteiger charge is 2.19. The maximum absolute atomic E-state index is 10.1. The van der Waals surface area contributed by atoms with Crippen LogP contribution in [0.25, 0.3) is 0 Å². The lowest BCUT2D eigenvalue weighted by atomic mass is 10.1. The lowest BCUT2D eigenvalue weighted by Crippen LogP contribution is -2.16. The van der Waals surface area contributed by atoms with Crippen molar-refractivity contribution in [1.82, 2.24) is 9.78 Å². The highest BCUT2D eigenvalue weighted by Crippen LogP contribution is 2.30. The summed E-state index contributed by atoms with van der Waals surface area (Å²) in [5.41, 5.74) is 1.91. The average molecular weight is 289 g/mol. The Balaban J connectivity index is 1.84. The zero-order valence-corrected chi connectivity index (χ0v) is 12.6. The monoisotopic (exact) mass is 288 g/mol. The number of thioether (sulfide) groups is 1. The zero-order valence-electron chi connectivity index (χ0n) is 11.0. The van der Waals surface area contributed by atoms with Crippen molar-refractivity contribution < 1.29 is 5.11 Å². The van der Waals surface area contributed by atoms with Gasteiger partial charge in [-0.15, -0.1) is 0 Å². The van der Waals surface area contributed by atoms with Crippen molar-refractivity contribution in [3.8, 4) is 0 Å². The number of aliphatic hydroxyl groups excluding tert-OH is 1. The normalized spacial score (nSPS) is 18.4. The summed E-state index contributed by atoms with van der Waals surface area (Å²) in [6, 6.07) is 0. The van der Waals surface area contributed by atoms with Crippen molar-refractivity contribution in [1.29, 1.82) is 0 Å². The molecular formula is C13H21ClN2OS. The van der Waals surface area contributed by atoms with E-state index in [9.17, 15) is 5.11 Å². The van der Waals surface area contributed by atoms with Crippen molar-refractivity contribution in [2.75, 3.05) is 5.75 Å².